The van der Waals surface area contributed by atoms with E-state index >= 15 is 0 Å². The molecule has 2 N–H and O–H groups in total. The van der Waals surface area contributed by atoms with Gasteiger partial charge in [0, 0.05) is 18.0 Å². The van der Waals surface area contributed by atoms with Crippen molar-refractivity contribution in [2.24, 2.45) is 5.41 Å². The number of amides is 1. The molecule has 0 spiro atoms. The summed E-state index contributed by atoms with van der Waals surface area (Å²) in [6.45, 7) is 0.722. The number of thioether (sulfide) groups is 1. The summed E-state index contributed by atoms with van der Waals surface area (Å²) in [5.41, 5.74) is -0.0369. The monoisotopic (exact) mass is 267 g/mol. The van der Waals surface area contributed by atoms with Crippen LogP contribution in [0.4, 0.5) is 0 Å². The minimum Gasteiger partial charge on any atom is -0.468 e. The second kappa shape index (κ2) is 6.11. The van der Waals surface area contributed by atoms with E-state index in [-0.39, 0.29) is 17.9 Å². The summed E-state index contributed by atoms with van der Waals surface area (Å²) in [4.78, 5) is 11.5. The third kappa shape index (κ3) is 3.92. The molecule has 18 heavy (non-hydrogen) atoms. The fourth-order valence-electron chi connectivity index (χ4n) is 1.54. The summed E-state index contributed by atoms with van der Waals surface area (Å²) in [6, 6.07) is 3.75. The Balaban J connectivity index is 1.61. The maximum atomic E-state index is 11.5. The van der Waals surface area contributed by atoms with Crippen LogP contribution in [0, 0.1) is 5.41 Å². The van der Waals surface area contributed by atoms with Crippen LogP contribution in [0.25, 0.3) is 0 Å². The number of aliphatic hydroxyl groups is 1. The molecule has 4 nitrogen and oxygen atoms in total. The van der Waals surface area contributed by atoms with Gasteiger partial charge in [0.25, 0.3) is 0 Å². The Bertz CT molecular complexity index is 410. The van der Waals surface area contributed by atoms with Gasteiger partial charge in [-0.05, 0) is 30.4 Å². The zero-order chi connectivity index (χ0) is 12.8. The summed E-state index contributed by atoms with van der Waals surface area (Å²) in [5.74, 6) is 1.50. The van der Waals surface area contributed by atoms with Crippen LogP contribution in [0.15, 0.2) is 34.3 Å². The van der Waals surface area contributed by atoms with Crippen molar-refractivity contribution in [1.82, 2.24) is 5.32 Å². The Labute approximate surface area is 110 Å². The van der Waals surface area contributed by atoms with Crippen LogP contribution in [0.2, 0.25) is 0 Å². The van der Waals surface area contributed by atoms with Crippen molar-refractivity contribution in [3.63, 3.8) is 0 Å². The van der Waals surface area contributed by atoms with Crippen molar-refractivity contribution in [2.45, 2.75) is 18.6 Å². The lowest BCUT2D eigenvalue weighted by Gasteiger charge is -2.10. The lowest BCUT2D eigenvalue weighted by atomic mass is 10.1. The summed E-state index contributed by atoms with van der Waals surface area (Å²) in [5, 5.41) is 13.7. The van der Waals surface area contributed by atoms with E-state index in [0.29, 0.717) is 6.54 Å². The standard InChI is InChI=1S/C13H17NO3S/c15-10-13(4-5-13)9-14-12(16)3-7-18-8-11-2-1-6-17-11/h1-3,6-7,15H,4-5,8-10H2,(H,14,16)/b7-3+. The van der Waals surface area contributed by atoms with Gasteiger partial charge < -0.3 is 14.8 Å². The average molecular weight is 267 g/mol. The third-order valence-electron chi connectivity index (χ3n) is 3.05. The molecule has 1 fully saturated rings. The molecule has 0 atom stereocenters. The highest BCUT2D eigenvalue weighted by Crippen LogP contribution is 2.44. The van der Waals surface area contributed by atoms with Crippen LogP contribution >= 0.6 is 11.8 Å². The Morgan fingerprint density at radius 2 is 2.44 bits per heavy atom. The third-order valence-corrected chi connectivity index (χ3v) is 3.83. The van der Waals surface area contributed by atoms with Crippen LogP contribution in [0.1, 0.15) is 18.6 Å². The molecule has 0 aromatic carbocycles. The molecular weight excluding hydrogens is 250 g/mol. The Morgan fingerprint density at radius 1 is 1.61 bits per heavy atom. The van der Waals surface area contributed by atoms with E-state index in [0.717, 1.165) is 24.4 Å². The Morgan fingerprint density at radius 3 is 3.06 bits per heavy atom. The Hall–Kier alpha value is -1.20. The van der Waals surface area contributed by atoms with Gasteiger partial charge in [0.05, 0.1) is 18.6 Å². The van der Waals surface area contributed by atoms with Crippen molar-refractivity contribution in [1.29, 1.82) is 0 Å². The number of carbonyl (C=O) groups excluding carboxylic acids is 1. The minimum atomic E-state index is -0.110. The van der Waals surface area contributed by atoms with Crippen molar-refractivity contribution in [3.05, 3.63) is 35.6 Å². The van der Waals surface area contributed by atoms with E-state index in [4.69, 9.17) is 9.52 Å². The fraction of sp³-hybridized carbons (Fsp3) is 0.462. The molecule has 1 aliphatic carbocycles. The fourth-order valence-corrected chi connectivity index (χ4v) is 2.18. The molecule has 0 aliphatic heterocycles. The van der Waals surface area contributed by atoms with E-state index in [1.54, 1.807) is 11.7 Å². The second-order valence-corrected chi connectivity index (χ2v) is 5.46. The molecule has 1 amide bonds. The predicted octanol–water partition coefficient (Wildman–Crippen LogP) is 1.92. The van der Waals surface area contributed by atoms with Gasteiger partial charge in [0.1, 0.15) is 5.76 Å². The van der Waals surface area contributed by atoms with Crippen LogP contribution < -0.4 is 5.32 Å². The number of furan rings is 1. The largest absolute Gasteiger partial charge is 0.468 e. The van der Waals surface area contributed by atoms with Gasteiger partial charge in [0.15, 0.2) is 0 Å². The molecule has 5 heteroatoms. The van der Waals surface area contributed by atoms with Crippen molar-refractivity contribution in [3.8, 4) is 0 Å². The molecule has 0 radical (unpaired) electrons. The highest BCUT2D eigenvalue weighted by atomic mass is 32.2. The molecule has 0 bridgehead atoms. The maximum Gasteiger partial charge on any atom is 0.244 e. The first-order valence-electron chi connectivity index (χ1n) is 5.93. The van der Waals surface area contributed by atoms with E-state index in [9.17, 15) is 4.79 Å². The van der Waals surface area contributed by atoms with Crippen LogP contribution in [0.3, 0.4) is 0 Å². The normalized spacial score (nSPS) is 16.9. The SMILES string of the molecule is O=C(/C=C/SCc1ccco1)NCC1(CO)CC1. The summed E-state index contributed by atoms with van der Waals surface area (Å²) >= 11 is 1.51. The first-order valence-corrected chi connectivity index (χ1v) is 6.98. The van der Waals surface area contributed by atoms with Crippen molar-refractivity contribution < 1.29 is 14.3 Å². The molecule has 0 saturated heterocycles. The maximum absolute atomic E-state index is 11.5. The molecule has 1 aromatic heterocycles. The topological polar surface area (TPSA) is 62.5 Å². The Kier molecular flexibility index (Phi) is 4.49. The van der Waals surface area contributed by atoms with Gasteiger partial charge >= 0.3 is 0 Å². The first-order chi connectivity index (χ1) is 8.74. The zero-order valence-corrected chi connectivity index (χ0v) is 10.9. The number of carbonyl (C=O) groups is 1. The molecule has 1 saturated carbocycles. The number of nitrogens with one attached hydrogen (secondary N) is 1. The highest BCUT2D eigenvalue weighted by Gasteiger charge is 2.41. The van der Waals surface area contributed by atoms with Gasteiger partial charge in [0.2, 0.25) is 5.91 Å². The van der Waals surface area contributed by atoms with E-state index < -0.39 is 0 Å². The second-order valence-electron chi connectivity index (χ2n) is 4.57. The molecule has 1 aliphatic rings. The molecule has 1 heterocycles. The number of aliphatic hydroxyl groups excluding tert-OH is 1. The average Bonchev–Trinajstić information content (AvgIpc) is 2.99. The van der Waals surface area contributed by atoms with Gasteiger partial charge in [-0.15, -0.1) is 11.8 Å². The van der Waals surface area contributed by atoms with E-state index in [1.807, 2.05) is 12.1 Å². The highest BCUT2D eigenvalue weighted by molar-refractivity contribution is 8.01. The van der Waals surface area contributed by atoms with E-state index in [1.165, 1.54) is 17.8 Å². The summed E-state index contributed by atoms with van der Waals surface area (Å²) < 4.78 is 5.17. The van der Waals surface area contributed by atoms with Gasteiger partial charge in [-0.25, -0.2) is 0 Å². The lowest BCUT2D eigenvalue weighted by molar-refractivity contribution is -0.116. The van der Waals surface area contributed by atoms with Crippen molar-refractivity contribution >= 4 is 17.7 Å². The number of hydrogen-bond donors (Lipinski definition) is 2. The molecule has 1 aromatic rings. The van der Waals surface area contributed by atoms with Gasteiger partial charge in [-0.3, -0.25) is 4.79 Å². The van der Waals surface area contributed by atoms with Crippen LogP contribution in [-0.2, 0) is 10.5 Å². The predicted molar refractivity (Wildman–Crippen MR) is 70.9 cm³/mol. The lowest BCUT2D eigenvalue weighted by Crippen LogP contribution is -2.30. The quantitative estimate of drug-likeness (QED) is 0.741. The van der Waals surface area contributed by atoms with Crippen molar-refractivity contribution in [2.75, 3.05) is 13.2 Å². The molecular formula is C13H17NO3S. The number of rotatable bonds is 7. The van der Waals surface area contributed by atoms with Crippen LogP contribution in [-0.4, -0.2) is 24.2 Å². The summed E-state index contributed by atoms with van der Waals surface area (Å²) in [7, 11) is 0. The first kappa shape index (κ1) is 13.2. The smallest absolute Gasteiger partial charge is 0.244 e. The molecule has 98 valence electrons. The minimum absolute atomic E-state index is 0.0369. The van der Waals surface area contributed by atoms with Crippen LogP contribution in [0.5, 0.6) is 0 Å². The van der Waals surface area contributed by atoms with Gasteiger partial charge in [-0.2, -0.15) is 0 Å². The number of hydrogen-bond acceptors (Lipinski definition) is 4. The van der Waals surface area contributed by atoms with E-state index in [2.05, 4.69) is 5.32 Å². The zero-order valence-electron chi connectivity index (χ0n) is 10.1. The molecule has 0 unspecified atom stereocenters. The summed E-state index contributed by atoms with van der Waals surface area (Å²) in [6.07, 6.45) is 5.15. The molecule has 2 rings (SSSR count). The van der Waals surface area contributed by atoms with Gasteiger partial charge in [-0.1, -0.05) is 0 Å².